The van der Waals surface area contributed by atoms with Crippen LogP contribution in [-0.4, -0.2) is 70.1 Å². The molecule has 32 heavy (non-hydrogen) atoms. The van der Waals surface area contributed by atoms with Crippen molar-refractivity contribution in [3.8, 4) is 5.75 Å². The number of hydrogen-bond acceptors (Lipinski definition) is 4. The van der Waals surface area contributed by atoms with E-state index < -0.39 is 0 Å². The molecule has 2 aromatic carbocycles. The summed E-state index contributed by atoms with van der Waals surface area (Å²) in [5, 5.41) is 6.75. The molecule has 1 unspecified atom stereocenters. The van der Waals surface area contributed by atoms with Crippen molar-refractivity contribution in [3.05, 3.63) is 65.2 Å². The number of benzene rings is 2. The summed E-state index contributed by atoms with van der Waals surface area (Å²) in [6.45, 7) is 4.01. The van der Waals surface area contributed by atoms with E-state index in [1.54, 1.807) is 26.1 Å². The predicted molar refractivity (Wildman–Crippen MR) is 142 cm³/mol. The fourth-order valence-electron chi connectivity index (χ4n) is 3.23. The molecule has 7 nitrogen and oxygen atoms in total. The number of carbonyl (C=O) groups excluding carboxylic acids is 1. The lowest BCUT2D eigenvalue weighted by Gasteiger charge is -2.27. The van der Waals surface area contributed by atoms with Crippen LogP contribution >= 0.6 is 24.0 Å². The predicted octanol–water partition coefficient (Wildman–Crippen LogP) is 3.37. The summed E-state index contributed by atoms with van der Waals surface area (Å²) >= 11 is 0. The van der Waals surface area contributed by atoms with Gasteiger partial charge >= 0.3 is 0 Å². The van der Waals surface area contributed by atoms with Crippen molar-refractivity contribution in [2.45, 2.75) is 19.5 Å². The van der Waals surface area contributed by atoms with Crippen molar-refractivity contribution in [2.75, 3.05) is 48.4 Å². The van der Waals surface area contributed by atoms with Crippen molar-refractivity contribution in [3.63, 3.8) is 0 Å². The van der Waals surface area contributed by atoms with Crippen molar-refractivity contribution in [2.24, 2.45) is 4.99 Å². The van der Waals surface area contributed by atoms with Crippen molar-refractivity contribution in [1.82, 2.24) is 20.4 Å². The molecule has 0 saturated heterocycles. The number of amides is 1. The van der Waals surface area contributed by atoms with Gasteiger partial charge in [-0.3, -0.25) is 4.79 Å². The van der Waals surface area contributed by atoms with E-state index in [4.69, 9.17) is 9.73 Å². The van der Waals surface area contributed by atoms with Crippen LogP contribution in [0.5, 0.6) is 5.75 Å². The Kier molecular flexibility index (Phi) is 12.1. The fraction of sp³-hybridized carbons (Fsp3) is 0.417. The lowest BCUT2D eigenvalue weighted by molar-refractivity contribution is 0.0827. The Hall–Kier alpha value is -2.33. The summed E-state index contributed by atoms with van der Waals surface area (Å²) in [4.78, 5) is 20.5. The van der Waals surface area contributed by atoms with Gasteiger partial charge in [-0.25, -0.2) is 4.99 Å². The van der Waals surface area contributed by atoms with Gasteiger partial charge < -0.3 is 25.2 Å². The number of nitrogens with zero attached hydrogens (tertiary/aromatic N) is 3. The average molecular weight is 553 g/mol. The highest BCUT2D eigenvalue weighted by molar-refractivity contribution is 14.0. The minimum atomic E-state index is -0.00359. The van der Waals surface area contributed by atoms with Gasteiger partial charge in [0.1, 0.15) is 5.75 Å². The van der Waals surface area contributed by atoms with E-state index in [1.165, 1.54) is 0 Å². The van der Waals surface area contributed by atoms with Gasteiger partial charge in [-0.15, -0.1) is 24.0 Å². The fourth-order valence-corrected chi connectivity index (χ4v) is 3.23. The quantitative estimate of drug-likeness (QED) is 0.283. The molecule has 0 aliphatic heterocycles. The molecule has 176 valence electrons. The van der Waals surface area contributed by atoms with Gasteiger partial charge in [-0.05, 0) is 44.8 Å². The SMILES string of the molecule is CCNC(=NCc1ccc(C(=O)N(C)C)cc1)NCC(c1ccccc1OC)N(C)C.I. The number of likely N-dealkylation sites (N-methyl/N-ethyl adjacent to an activating group) is 1. The minimum absolute atomic E-state index is 0. The smallest absolute Gasteiger partial charge is 0.253 e. The molecule has 0 spiro atoms. The van der Waals surface area contributed by atoms with E-state index in [0.717, 1.165) is 29.4 Å². The topological polar surface area (TPSA) is 69.2 Å². The molecule has 1 amide bonds. The highest BCUT2D eigenvalue weighted by atomic mass is 127. The number of halogens is 1. The summed E-state index contributed by atoms with van der Waals surface area (Å²) in [7, 11) is 9.31. The van der Waals surface area contributed by atoms with Crippen LogP contribution < -0.4 is 15.4 Å². The van der Waals surface area contributed by atoms with Crippen LogP contribution in [0.2, 0.25) is 0 Å². The van der Waals surface area contributed by atoms with Crippen molar-refractivity contribution >= 4 is 35.8 Å². The number of methoxy groups -OCH3 is 1. The Morgan fingerprint density at radius 2 is 1.69 bits per heavy atom. The minimum Gasteiger partial charge on any atom is -0.496 e. The van der Waals surface area contributed by atoms with Gasteiger partial charge in [0, 0.05) is 38.3 Å². The molecule has 0 heterocycles. The summed E-state index contributed by atoms with van der Waals surface area (Å²) in [5.41, 5.74) is 2.84. The first-order valence-electron chi connectivity index (χ1n) is 10.5. The summed E-state index contributed by atoms with van der Waals surface area (Å²) < 4.78 is 5.55. The molecular formula is C24H36IN5O2. The van der Waals surface area contributed by atoms with Crippen LogP contribution in [0.1, 0.15) is 34.5 Å². The zero-order valence-electron chi connectivity index (χ0n) is 19.9. The maximum absolute atomic E-state index is 12.0. The lowest BCUT2D eigenvalue weighted by Crippen LogP contribution is -2.41. The normalized spacial score (nSPS) is 12.0. The molecule has 0 aliphatic rings. The molecule has 0 saturated carbocycles. The second-order valence-corrected chi connectivity index (χ2v) is 7.69. The van der Waals surface area contributed by atoms with Gasteiger partial charge in [-0.1, -0.05) is 30.3 Å². The van der Waals surface area contributed by atoms with Gasteiger partial charge in [-0.2, -0.15) is 0 Å². The maximum atomic E-state index is 12.0. The monoisotopic (exact) mass is 553 g/mol. The van der Waals surface area contributed by atoms with Gasteiger partial charge in [0.2, 0.25) is 0 Å². The van der Waals surface area contributed by atoms with Crippen LogP contribution in [0.4, 0.5) is 0 Å². The highest BCUT2D eigenvalue weighted by Gasteiger charge is 2.18. The molecule has 0 aliphatic carbocycles. The van der Waals surface area contributed by atoms with E-state index in [0.29, 0.717) is 18.7 Å². The number of carbonyl (C=O) groups is 1. The van der Waals surface area contributed by atoms with Gasteiger partial charge in [0.15, 0.2) is 5.96 Å². The zero-order valence-corrected chi connectivity index (χ0v) is 22.2. The lowest BCUT2D eigenvalue weighted by atomic mass is 10.0. The van der Waals surface area contributed by atoms with Gasteiger partial charge in [0.05, 0.1) is 19.7 Å². The van der Waals surface area contributed by atoms with Crippen LogP contribution in [0.25, 0.3) is 0 Å². The van der Waals surface area contributed by atoms with E-state index >= 15 is 0 Å². The molecule has 0 fully saturated rings. The van der Waals surface area contributed by atoms with E-state index in [2.05, 4.69) is 35.7 Å². The second kappa shape index (κ2) is 13.9. The Labute approximate surface area is 209 Å². The molecule has 2 aromatic rings. The molecule has 0 radical (unpaired) electrons. The van der Waals surface area contributed by atoms with Crippen molar-refractivity contribution in [1.29, 1.82) is 0 Å². The summed E-state index contributed by atoms with van der Waals surface area (Å²) in [6.07, 6.45) is 0. The maximum Gasteiger partial charge on any atom is 0.253 e. The number of ether oxygens (including phenoxy) is 1. The molecule has 1 atom stereocenters. The number of hydrogen-bond donors (Lipinski definition) is 2. The number of aliphatic imine (C=N–C) groups is 1. The number of nitrogens with one attached hydrogen (secondary N) is 2. The van der Waals surface area contributed by atoms with Crippen LogP contribution in [0.3, 0.4) is 0 Å². The average Bonchev–Trinajstić information content (AvgIpc) is 2.77. The standard InChI is InChI=1S/C24H35N5O2.HI/c1-7-25-24(26-16-18-12-14-19(15-13-18)23(30)29(4)5)27-17-21(28(2)3)20-10-8-9-11-22(20)31-6;/h8-15,21H,7,16-17H2,1-6H3,(H2,25,26,27);1H. The zero-order chi connectivity index (χ0) is 22.8. The third-order valence-electron chi connectivity index (χ3n) is 4.96. The summed E-state index contributed by atoms with van der Waals surface area (Å²) in [6, 6.07) is 15.8. The Balaban J connectivity index is 0.00000512. The molecular weight excluding hydrogens is 517 g/mol. The van der Waals surface area contributed by atoms with Crippen LogP contribution in [-0.2, 0) is 6.54 Å². The Morgan fingerprint density at radius 1 is 1.03 bits per heavy atom. The molecule has 0 bridgehead atoms. The molecule has 2 N–H and O–H groups in total. The van der Waals surface area contributed by atoms with Crippen LogP contribution in [0.15, 0.2) is 53.5 Å². The van der Waals surface area contributed by atoms with E-state index in [9.17, 15) is 4.79 Å². The number of rotatable bonds is 9. The molecule has 0 aromatic heterocycles. The first kappa shape index (κ1) is 27.7. The second-order valence-electron chi connectivity index (χ2n) is 7.69. The summed E-state index contributed by atoms with van der Waals surface area (Å²) in [5.74, 6) is 1.62. The Bertz CT molecular complexity index is 869. The molecule has 2 rings (SSSR count). The van der Waals surface area contributed by atoms with E-state index in [-0.39, 0.29) is 35.9 Å². The van der Waals surface area contributed by atoms with Crippen molar-refractivity contribution < 1.29 is 9.53 Å². The van der Waals surface area contributed by atoms with E-state index in [1.807, 2.05) is 49.4 Å². The molecule has 8 heteroatoms. The largest absolute Gasteiger partial charge is 0.496 e. The first-order chi connectivity index (χ1) is 14.9. The number of para-hydroxylation sites is 1. The van der Waals surface area contributed by atoms with Gasteiger partial charge in [0.25, 0.3) is 5.91 Å². The first-order valence-corrected chi connectivity index (χ1v) is 10.5. The van der Waals surface area contributed by atoms with Crippen LogP contribution in [0, 0.1) is 0 Å². The Morgan fingerprint density at radius 3 is 2.25 bits per heavy atom. The number of guanidine groups is 1. The third kappa shape index (κ3) is 7.98. The third-order valence-corrected chi connectivity index (χ3v) is 4.96. The highest BCUT2D eigenvalue weighted by Crippen LogP contribution is 2.27.